The maximum Gasteiger partial charge on any atom is 0.352 e. The van der Waals surface area contributed by atoms with Crippen LogP contribution in [0.4, 0.5) is 8.78 Å². The van der Waals surface area contributed by atoms with Crippen molar-refractivity contribution in [3.63, 3.8) is 0 Å². The SMILES string of the molecule is O=C(N1CCC[C@H]1c1noc(CCCc2ccccc2)n1)C(F)(F)C1(O)CCOCC1. The van der Waals surface area contributed by atoms with Crippen LogP contribution in [-0.4, -0.2) is 57.3 Å². The van der Waals surface area contributed by atoms with Crippen LogP contribution in [0, 0.1) is 0 Å². The van der Waals surface area contributed by atoms with Gasteiger partial charge in [-0.25, -0.2) is 0 Å². The third kappa shape index (κ3) is 4.48. The predicted molar refractivity (Wildman–Crippen MR) is 106 cm³/mol. The number of alkyl halides is 2. The number of hydrogen-bond donors (Lipinski definition) is 1. The van der Waals surface area contributed by atoms with Crippen molar-refractivity contribution in [1.29, 1.82) is 0 Å². The lowest BCUT2D eigenvalue weighted by Gasteiger charge is -2.39. The lowest BCUT2D eigenvalue weighted by molar-refractivity contribution is -0.221. The van der Waals surface area contributed by atoms with E-state index in [1.54, 1.807) is 0 Å². The normalized spacial score (nSPS) is 21.4. The quantitative estimate of drug-likeness (QED) is 0.719. The second-order valence-electron chi connectivity index (χ2n) is 8.26. The summed E-state index contributed by atoms with van der Waals surface area (Å²) in [6.45, 7) is 0.170. The van der Waals surface area contributed by atoms with E-state index < -0.39 is 23.5 Å². The molecule has 31 heavy (non-hydrogen) atoms. The van der Waals surface area contributed by atoms with Crippen molar-refractivity contribution in [2.75, 3.05) is 19.8 Å². The van der Waals surface area contributed by atoms with E-state index in [1.165, 1.54) is 5.56 Å². The Hall–Kier alpha value is -2.39. The number of likely N-dealkylation sites (tertiary alicyclic amines) is 1. The molecule has 2 aromatic rings. The first kappa shape index (κ1) is 21.8. The molecule has 2 aliphatic rings. The minimum Gasteiger partial charge on any atom is -0.383 e. The first-order valence-electron chi connectivity index (χ1n) is 10.8. The van der Waals surface area contributed by atoms with Crippen LogP contribution in [0.1, 0.15) is 55.4 Å². The van der Waals surface area contributed by atoms with Crippen molar-refractivity contribution in [2.45, 2.75) is 62.5 Å². The van der Waals surface area contributed by atoms with Gasteiger partial charge in [-0.3, -0.25) is 4.79 Å². The highest BCUT2D eigenvalue weighted by atomic mass is 19.3. The van der Waals surface area contributed by atoms with E-state index in [-0.39, 0.29) is 38.4 Å². The lowest BCUT2D eigenvalue weighted by Crippen LogP contribution is -2.60. The van der Waals surface area contributed by atoms with Gasteiger partial charge in [0.1, 0.15) is 5.60 Å². The number of nitrogens with zero attached hydrogens (tertiary/aromatic N) is 3. The Labute approximate surface area is 179 Å². The molecule has 0 aliphatic carbocycles. The van der Waals surface area contributed by atoms with Crippen LogP contribution in [0.15, 0.2) is 34.9 Å². The van der Waals surface area contributed by atoms with E-state index in [9.17, 15) is 9.90 Å². The highest BCUT2D eigenvalue weighted by Crippen LogP contribution is 2.41. The summed E-state index contributed by atoms with van der Waals surface area (Å²) in [5.41, 5.74) is -1.18. The van der Waals surface area contributed by atoms with Crippen molar-refractivity contribution in [3.8, 4) is 0 Å². The van der Waals surface area contributed by atoms with Gasteiger partial charge in [0.15, 0.2) is 5.82 Å². The number of aliphatic hydroxyl groups is 1. The summed E-state index contributed by atoms with van der Waals surface area (Å²) in [4.78, 5) is 18.2. The van der Waals surface area contributed by atoms with E-state index in [1.807, 2.05) is 30.3 Å². The Morgan fingerprint density at radius 2 is 1.97 bits per heavy atom. The molecule has 3 heterocycles. The average molecular weight is 435 g/mol. The maximum atomic E-state index is 15.0. The van der Waals surface area contributed by atoms with Crippen molar-refractivity contribution >= 4 is 5.91 Å². The molecule has 7 nitrogen and oxygen atoms in total. The van der Waals surface area contributed by atoms with E-state index in [2.05, 4.69) is 10.1 Å². The van der Waals surface area contributed by atoms with Gasteiger partial charge in [0.05, 0.1) is 6.04 Å². The molecule has 2 aliphatic heterocycles. The van der Waals surface area contributed by atoms with Crippen LogP contribution in [-0.2, 0) is 22.4 Å². The fourth-order valence-corrected chi connectivity index (χ4v) is 4.27. The molecule has 1 aromatic heterocycles. The summed E-state index contributed by atoms with van der Waals surface area (Å²) in [6, 6.07) is 9.36. The van der Waals surface area contributed by atoms with Crippen molar-refractivity contribution in [3.05, 3.63) is 47.6 Å². The molecule has 1 aromatic carbocycles. The fraction of sp³-hybridized carbons (Fsp3) is 0.591. The average Bonchev–Trinajstić information content (AvgIpc) is 3.44. The molecule has 0 radical (unpaired) electrons. The van der Waals surface area contributed by atoms with Crippen LogP contribution in [0.25, 0.3) is 0 Å². The summed E-state index contributed by atoms with van der Waals surface area (Å²) in [5, 5.41) is 14.4. The summed E-state index contributed by atoms with van der Waals surface area (Å²) >= 11 is 0. The van der Waals surface area contributed by atoms with E-state index >= 15 is 8.78 Å². The first-order valence-corrected chi connectivity index (χ1v) is 10.8. The Balaban J connectivity index is 1.40. The van der Waals surface area contributed by atoms with E-state index in [4.69, 9.17) is 9.26 Å². The van der Waals surface area contributed by atoms with Gasteiger partial charge in [0, 0.05) is 39.0 Å². The fourth-order valence-electron chi connectivity index (χ4n) is 4.27. The number of carbonyl (C=O) groups is 1. The zero-order valence-electron chi connectivity index (χ0n) is 17.3. The lowest BCUT2D eigenvalue weighted by atomic mass is 9.86. The molecule has 0 bridgehead atoms. The van der Waals surface area contributed by atoms with Crippen LogP contribution in [0.5, 0.6) is 0 Å². The molecule has 1 N–H and O–H groups in total. The smallest absolute Gasteiger partial charge is 0.352 e. The molecule has 9 heteroatoms. The molecule has 4 rings (SSSR count). The molecule has 0 spiro atoms. The van der Waals surface area contributed by atoms with Gasteiger partial charge in [-0.05, 0) is 31.2 Å². The summed E-state index contributed by atoms with van der Waals surface area (Å²) in [5.74, 6) is -4.60. The molecule has 0 unspecified atom stereocenters. The van der Waals surface area contributed by atoms with Crippen LogP contribution >= 0.6 is 0 Å². The highest BCUT2D eigenvalue weighted by molar-refractivity contribution is 5.85. The molecule has 1 atom stereocenters. The van der Waals surface area contributed by atoms with Gasteiger partial charge in [-0.2, -0.15) is 13.8 Å². The highest BCUT2D eigenvalue weighted by Gasteiger charge is 2.61. The third-order valence-electron chi connectivity index (χ3n) is 6.17. The number of aromatic nitrogens is 2. The summed E-state index contributed by atoms with van der Waals surface area (Å²) in [7, 11) is 0. The maximum absolute atomic E-state index is 15.0. The van der Waals surface area contributed by atoms with Crippen molar-refractivity contribution < 1.29 is 27.9 Å². The Kier molecular flexibility index (Phi) is 6.34. The van der Waals surface area contributed by atoms with Gasteiger partial charge < -0.3 is 19.3 Å². The summed E-state index contributed by atoms with van der Waals surface area (Å²) < 4.78 is 40.4. The first-order chi connectivity index (χ1) is 14.9. The van der Waals surface area contributed by atoms with Gasteiger partial charge in [-0.1, -0.05) is 35.5 Å². The molecular weight excluding hydrogens is 408 g/mol. The zero-order chi connectivity index (χ0) is 21.9. The number of benzene rings is 1. The van der Waals surface area contributed by atoms with E-state index in [0.717, 1.165) is 17.7 Å². The molecule has 1 amide bonds. The number of carbonyl (C=O) groups excluding carboxylic acids is 1. The topological polar surface area (TPSA) is 88.7 Å². The van der Waals surface area contributed by atoms with Crippen molar-refractivity contribution in [2.24, 2.45) is 0 Å². The van der Waals surface area contributed by atoms with Gasteiger partial charge >= 0.3 is 5.92 Å². The number of halogens is 2. The zero-order valence-corrected chi connectivity index (χ0v) is 17.3. The molecule has 2 saturated heterocycles. The Morgan fingerprint density at radius 1 is 1.23 bits per heavy atom. The molecule has 168 valence electrons. The van der Waals surface area contributed by atoms with Gasteiger partial charge in [0.25, 0.3) is 5.91 Å². The Bertz CT molecular complexity index is 884. The molecule has 2 fully saturated rings. The van der Waals surface area contributed by atoms with Crippen LogP contribution in [0.3, 0.4) is 0 Å². The number of aryl methyl sites for hydroxylation is 2. The number of hydrogen-bond acceptors (Lipinski definition) is 6. The number of ether oxygens (including phenoxy) is 1. The van der Waals surface area contributed by atoms with Crippen LogP contribution < -0.4 is 0 Å². The van der Waals surface area contributed by atoms with Crippen LogP contribution in [0.2, 0.25) is 0 Å². The summed E-state index contributed by atoms with van der Waals surface area (Å²) in [6.07, 6.45) is 2.72. The third-order valence-corrected chi connectivity index (χ3v) is 6.17. The second kappa shape index (κ2) is 9.00. The molecule has 0 saturated carbocycles. The van der Waals surface area contributed by atoms with Crippen molar-refractivity contribution in [1.82, 2.24) is 15.0 Å². The second-order valence-corrected chi connectivity index (χ2v) is 8.26. The van der Waals surface area contributed by atoms with Gasteiger partial charge in [-0.15, -0.1) is 0 Å². The molecular formula is C22H27F2N3O4. The van der Waals surface area contributed by atoms with Gasteiger partial charge in [0.2, 0.25) is 5.89 Å². The standard InChI is InChI=1S/C22H27F2N3O4/c23-22(24,21(29)11-14-30-15-12-21)20(28)27-13-5-9-17(27)19-25-18(31-26-19)10-4-8-16-6-2-1-3-7-16/h1-3,6-7,17,29H,4-5,8-15H2/t17-/m0/s1. The minimum absolute atomic E-state index is 0.0000182. The number of amides is 1. The minimum atomic E-state index is -3.90. The Morgan fingerprint density at radius 3 is 2.71 bits per heavy atom. The van der Waals surface area contributed by atoms with E-state index in [0.29, 0.717) is 25.2 Å². The number of rotatable bonds is 7. The largest absolute Gasteiger partial charge is 0.383 e. The monoisotopic (exact) mass is 435 g/mol. The predicted octanol–water partition coefficient (Wildman–Crippen LogP) is 3.09.